The Morgan fingerprint density at radius 1 is 1.50 bits per heavy atom. The molecule has 2 N–H and O–H groups in total. The normalized spacial score (nSPS) is 12.2. The minimum absolute atomic E-state index is 0.260. The number of nitrogens with zero attached hydrogens (tertiary/aromatic N) is 1. The van der Waals surface area contributed by atoms with Crippen LogP contribution in [0, 0.1) is 0 Å². The number of quaternary nitrogens is 1. The number of hydrogen-bond acceptors (Lipinski definition) is 3. The van der Waals surface area contributed by atoms with Crippen LogP contribution < -0.4 is 5.32 Å². The van der Waals surface area contributed by atoms with E-state index in [1.54, 1.807) is 0 Å². The summed E-state index contributed by atoms with van der Waals surface area (Å²) in [5.41, 5.74) is 0. The summed E-state index contributed by atoms with van der Waals surface area (Å²) in [5, 5.41) is 2.62. The van der Waals surface area contributed by atoms with E-state index in [1.165, 1.54) is 6.08 Å². The summed E-state index contributed by atoms with van der Waals surface area (Å²) < 4.78 is 30.0. The van der Waals surface area contributed by atoms with Gasteiger partial charge in [0.05, 0.1) is 26.4 Å². The largest absolute Gasteiger partial charge is 0.311 e. The fraction of sp³-hybridized carbons (Fsp3) is 0.667. The molecule has 0 radical (unpaired) electrons. The van der Waals surface area contributed by atoms with Gasteiger partial charge < -0.3 is 9.80 Å². The average molecular weight is 251 g/mol. The van der Waals surface area contributed by atoms with Gasteiger partial charge in [0.2, 0.25) is 5.91 Å². The molecular formula is C9H19N2O4S+. The smallest absolute Gasteiger partial charge is 0.265 e. The SMILES string of the molecule is C=CC(=O)NC[N+](C)(C)CCCS(=O)(=O)O. The predicted octanol–water partition coefficient (Wildman–Crippen LogP) is -0.400. The van der Waals surface area contributed by atoms with Gasteiger partial charge in [-0.3, -0.25) is 9.35 Å². The van der Waals surface area contributed by atoms with Crippen LogP contribution in [-0.2, 0) is 14.9 Å². The fourth-order valence-electron chi connectivity index (χ4n) is 1.12. The van der Waals surface area contributed by atoms with Crippen LogP contribution in [0.5, 0.6) is 0 Å². The molecule has 94 valence electrons. The van der Waals surface area contributed by atoms with E-state index < -0.39 is 10.1 Å². The van der Waals surface area contributed by atoms with Gasteiger partial charge in [0.25, 0.3) is 10.1 Å². The lowest BCUT2D eigenvalue weighted by atomic mass is 10.4. The van der Waals surface area contributed by atoms with Crippen molar-refractivity contribution in [1.82, 2.24) is 5.32 Å². The molecule has 0 heterocycles. The molecule has 6 nitrogen and oxygen atoms in total. The number of carbonyl (C=O) groups is 1. The number of nitrogens with one attached hydrogen (secondary N) is 1. The Morgan fingerprint density at radius 2 is 2.06 bits per heavy atom. The van der Waals surface area contributed by atoms with E-state index >= 15 is 0 Å². The highest BCUT2D eigenvalue weighted by Crippen LogP contribution is 1.99. The maximum atomic E-state index is 10.9. The first-order valence-corrected chi connectivity index (χ1v) is 6.45. The monoisotopic (exact) mass is 251 g/mol. The van der Waals surface area contributed by atoms with E-state index in [9.17, 15) is 13.2 Å². The first kappa shape index (κ1) is 15.1. The average Bonchev–Trinajstić information content (AvgIpc) is 2.12. The van der Waals surface area contributed by atoms with Gasteiger partial charge in [-0.25, -0.2) is 0 Å². The molecule has 0 aliphatic rings. The lowest BCUT2D eigenvalue weighted by Gasteiger charge is -2.29. The van der Waals surface area contributed by atoms with E-state index in [2.05, 4.69) is 11.9 Å². The van der Waals surface area contributed by atoms with Crippen LogP contribution in [0.1, 0.15) is 6.42 Å². The van der Waals surface area contributed by atoms with Crippen molar-refractivity contribution in [2.45, 2.75) is 6.42 Å². The van der Waals surface area contributed by atoms with E-state index in [4.69, 9.17) is 4.55 Å². The van der Waals surface area contributed by atoms with Crippen LogP contribution >= 0.6 is 0 Å². The lowest BCUT2D eigenvalue weighted by molar-refractivity contribution is -0.892. The van der Waals surface area contributed by atoms with Crippen LogP contribution in [0.3, 0.4) is 0 Å². The van der Waals surface area contributed by atoms with Crippen molar-refractivity contribution >= 4 is 16.0 Å². The molecule has 0 bridgehead atoms. The van der Waals surface area contributed by atoms with E-state index in [0.29, 0.717) is 24.1 Å². The molecule has 0 atom stereocenters. The summed E-state index contributed by atoms with van der Waals surface area (Å²) in [6.45, 7) is 4.25. The summed E-state index contributed by atoms with van der Waals surface area (Å²) in [6.07, 6.45) is 1.52. The molecule has 0 fully saturated rings. The zero-order valence-corrected chi connectivity index (χ0v) is 10.5. The summed E-state index contributed by atoms with van der Waals surface area (Å²) >= 11 is 0. The molecule has 0 unspecified atom stereocenters. The van der Waals surface area contributed by atoms with Crippen LogP contribution in [0.4, 0.5) is 0 Å². The second-order valence-electron chi connectivity index (χ2n) is 4.20. The first-order chi connectivity index (χ1) is 7.16. The second kappa shape index (κ2) is 5.97. The Hall–Kier alpha value is -0.920. The molecule has 0 aliphatic heterocycles. The lowest BCUT2D eigenvalue weighted by Crippen LogP contribution is -2.48. The molecular weight excluding hydrogens is 232 g/mol. The third kappa shape index (κ3) is 8.39. The molecule has 0 saturated carbocycles. The van der Waals surface area contributed by atoms with Gasteiger partial charge in [-0.2, -0.15) is 8.42 Å². The van der Waals surface area contributed by atoms with Gasteiger partial charge in [-0.05, 0) is 6.08 Å². The Labute approximate surface area is 96.3 Å². The summed E-state index contributed by atoms with van der Waals surface area (Å²) in [7, 11) is -0.187. The molecule has 0 saturated heterocycles. The van der Waals surface area contributed by atoms with Crippen molar-refractivity contribution < 1.29 is 22.2 Å². The molecule has 0 rings (SSSR count). The van der Waals surface area contributed by atoms with Gasteiger partial charge in [0, 0.05) is 6.42 Å². The topological polar surface area (TPSA) is 83.5 Å². The Morgan fingerprint density at radius 3 is 2.50 bits per heavy atom. The molecule has 0 aromatic rings. The maximum Gasteiger partial charge on any atom is 0.265 e. The van der Waals surface area contributed by atoms with Crippen LogP contribution in [0.15, 0.2) is 12.7 Å². The quantitative estimate of drug-likeness (QED) is 0.279. The summed E-state index contributed by atoms with van der Waals surface area (Å²) in [4.78, 5) is 10.9. The molecule has 0 aromatic heterocycles. The molecule has 1 amide bonds. The van der Waals surface area contributed by atoms with Crippen molar-refractivity contribution in [3.63, 3.8) is 0 Å². The van der Waals surface area contributed by atoms with Crippen molar-refractivity contribution in [2.75, 3.05) is 33.1 Å². The third-order valence-electron chi connectivity index (χ3n) is 2.03. The minimum Gasteiger partial charge on any atom is -0.311 e. The molecule has 0 aliphatic carbocycles. The third-order valence-corrected chi connectivity index (χ3v) is 2.84. The number of carbonyl (C=O) groups excluding carboxylic acids is 1. The second-order valence-corrected chi connectivity index (χ2v) is 5.77. The summed E-state index contributed by atoms with van der Waals surface area (Å²) in [5.74, 6) is -0.523. The molecule has 7 heteroatoms. The zero-order chi connectivity index (χ0) is 12.8. The Balaban J connectivity index is 3.96. The Kier molecular flexibility index (Phi) is 5.63. The number of amides is 1. The van der Waals surface area contributed by atoms with Crippen LogP contribution in [0.2, 0.25) is 0 Å². The molecule has 0 aromatic carbocycles. The van der Waals surface area contributed by atoms with Crippen molar-refractivity contribution in [2.24, 2.45) is 0 Å². The van der Waals surface area contributed by atoms with Crippen LogP contribution in [-0.4, -0.2) is 56.4 Å². The van der Waals surface area contributed by atoms with Gasteiger partial charge >= 0.3 is 0 Å². The van der Waals surface area contributed by atoms with E-state index in [0.717, 1.165) is 0 Å². The van der Waals surface area contributed by atoms with Gasteiger partial charge in [0.1, 0.15) is 0 Å². The molecule has 16 heavy (non-hydrogen) atoms. The first-order valence-electron chi connectivity index (χ1n) is 4.84. The predicted molar refractivity (Wildman–Crippen MR) is 61.2 cm³/mol. The van der Waals surface area contributed by atoms with Gasteiger partial charge in [-0.1, -0.05) is 6.58 Å². The summed E-state index contributed by atoms with van der Waals surface area (Å²) in [6, 6.07) is 0. The number of hydrogen-bond donors (Lipinski definition) is 2. The highest BCUT2D eigenvalue weighted by atomic mass is 32.2. The zero-order valence-electron chi connectivity index (χ0n) is 9.64. The standard InChI is InChI=1S/C9H18N2O4S/c1-4-9(12)10-8-11(2,3)6-5-7-16(13,14)15/h4H,1,5-8H2,2-3H3,(H-,10,12,13,14,15)/p+1. The highest BCUT2D eigenvalue weighted by molar-refractivity contribution is 7.85. The number of rotatable bonds is 7. The van der Waals surface area contributed by atoms with Crippen LogP contribution in [0.25, 0.3) is 0 Å². The molecule has 0 spiro atoms. The van der Waals surface area contributed by atoms with E-state index in [1.807, 2.05) is 14.1 Å². The van der Waals surface area contributed by atoms with Crippen molar-refractivity contribution in [1.29, 1.82) is 0 Å². The fourth-order valence-corrected chi connectivity index (χ4v) is 1.61. The van der Waals surface area contributed by atoms with E-state index in [-0.39, 0.29) is 11.7 Å². The Bertz CT molecular complexity index is 349. The van der Waals surface area contributed by atoms with Gasteiger partial charge in [-0.15, -0.1) is 0 Å². The van der Waals surface area contributed by atoms with Gasteiger partial charge in [0.15, 0.2) is 6.67 Å². The van der Waals surface area contributed by atoms with Crippen molar-refractivity contribution in [3.8, 4) is 0 Å². The van der Waals surface area contributed by atoms with Crippen molar-refractivity contribution in [3.05, 3.63) is 12.7 Å². The minimum atomic E-state index is -3.90. The maximum absolute atomic E-state index is 10.9. The highest BCUT2D eigenvalue weighted by Gasteiger charge is 2.16.